The van der Waals surface area contributed by atoms with Gasteiger partial charge in [0, 0.05) is 6.54 Å². The SMILES string of the molecule is Nc1cc(C(F)(F)F)ccc1NCC1COCCO1. The fourth-order valence-electron chi connectivity index (χ4n) is 1.78. The van der Waals surface area contributed by atoms with Gasteiger partial charge in [0.1, 0.15) is 0 Å². The summed E-state index contributed by atoms with van der Waals surface area (Å²) < 4.78 is 48.0. The number of nitrogen functional groups attached to an aromatic ring is 1. The highest BCUT2D eigenvalue weighted by Crippen LogP contribution is 2.32. The molecule has 1 saturated heterocycles. The van der Waals surface area contributed by atoms with Crippen LogP contribution in [0.4, 0.5) is 24.5 Å². The van der Waals surface area contributed by atoms with Gasteiger partial charge in [0.25, 0.3) is 0 Å². The highest BCUT2D eigenvalue weighted by atomic mass is 19.4. The van der Waals surface area contributed by atoms with Gasteiger partial charge < -0.3 is 20.5 Å². The molecule has 2 rings (SSSR count). The average molecular weight is 276 g/mol. The van der Waals surface area contributed by atoms with Crippen LogP contribution < -0.4 is 11.1 Å². The first-order chi connectivity index (χ1) is 8.97. The van der Waals surface area contributed by atoms with E-state index in [1.54, 1.807) is 0 Å². The summed E-state index contributed by atoms with van der Waals surface area (Å²) in [6.07, 6.45) is -4.50. The molecule has 19 heavy (non-hydrogen) atoms. The standard InChI is InChI=1S/C12H15F3N2O2/c13-12(14,15)8-1-2-11(10(16)5-8)17-6-9-7-18-3-4-19-9/h1-2,5,9,17H,3-4,6-7,16H2. The van der Waals surface area contributed by atoms with Gasteiger partial charge in [-0.2, -0.15) is 13.2 Å². The number of hydrogen-bond donors (Lipinski definition) is 2. The topological polar surface area (TPSA) is 56.5 Å². The smallest absolute Gasteiger partial charge is 0.397 e. The molecule has 0 bridgehead atoms. The minimum absolute atomic E-state index is 0.0616. The molecule has 1 atom stereocenters. The lowest BCUT2D eigenvalue weighted by molar-refractivity contribution is -0.137. The fourth-order valence-corrected chi connectivity index (χ4v) is 1.78. The second kappa shape index (κ2) is 5.66. The van der Waals surface area contributed by atoms with E-state index < -0.39 is 11.7 Å². The van der Waals surface area contributed by atoms with Gasteiger partial charge in [-0.05, 0) is 18.2 Å². The molecular weight excluding hydrogens is 261 g/mol. The number of rotatable bonds is 3. The van der Waals surface area contributed by atoms with Crippen molar-refractivity contribution in [2.45, 2.75) is 12.3 Å². The number of hydrogen-bond acceptors (Lipinski definition) is 4. The third-order valence-corrected chi connectivity index (χ3v) is 2.78. The molecule has 1 heterocycles. The highest BCUT2D eigenvalue weighted by Gasteiger charge is 2.30. The van der Waals surface area contributed by atoms with E-state index in [9.17, 15) is 13.2 Å². The van der Waals surface area contributed by atoms with Gasteiger partial charge in [-0.1, -0.05) is 0 Å². The van der Waals surface area contributed by atoms with E-state index in [1.807, 2.05) is 0 Å². The van der Waals surface area contributed by atoms with Crippen LogP contribution in [0.25, 0.3) is 0 Å². The Bertz CT molecular complexity index is 431. The number of nitrogens with one attached hydrogen (secondary N) is 1. The number of ether oxygens (including phenoxy) is 2. The van der Waals surface area contributed by atoms with Crippen molar-refractivity contribution in [3.05, 3.63) is 23.8 Å². The van der Waals surface area contributed by atoms with Crippen molar-refractivity contribution >= 4 is 11.4 Å². The van der Waals surface area contributed by atoms with E-state index in [-0.39, 0.29) is 11.8 Å². The summed E-state index contributed by atoms with van der Waals surface area (Å²) in [5.41, 5.74) is 5.36. The van der Waals surface area contributed by atoms with Gasteiger partial charge >= 0.3 is 6.18 Å². The molecule has 0 aromatic heterocycles. The number of benzene rings is 1. The third-order valence-electron chi connectivity index (χ3n) is 2.78. The summed E-state index contributed by atoms with van der Waals surface area (Å²) in [5, 5.41) is 2.96. The zero-order valence-corrected chi connectivity index (χ0v) is 10.2. The first kappa shape index (κ1) is 14.0. The van der Waals surface area contributed by atoms with Gasteiger partial charge in [-0.15, -0.1) is 0 Å². The predicted molar refractivity (Wildman–Crippen MR) is 64.9 cm³/mol. The van der Waals surface area contributed by atoms with Crippen LogP contribution >= 0.6 is 0 Å². The molecular formula is C12H15F3N2O2. The molecule has 4 nitrogen and oxygen atoms in total. The van der Waals surface area contributed by atoms with Gasteiger partial charge in [-0.25, -0.2) is 0 Å². The monoisotopic (exact) mass is 276 g/mol. The molecule has 1 aliphatic heterocycles. The second-order valence-electron chi connectivity index (χ2n) is 4.25. The van der Waals surface area contributed by atoms with Crippen LogP contribution in [0, 0.1) is 0 Å². The minimum atomic E-state index is -4.38. The Morgan fingerprint density at radius 1 is 1.32 bits per heavy atom. The molecule has 1 unspecified atom stereocenters. The number of anilines is 2. The number of halogens is 3. The molecule has 1 fully saturated rings. The Balaban J connectivity index is 1.97. The van der Waals surface area contributed by atoms with Crippen LogP contribution in [0.1, 0.15) is 5.56 Å². The van der Waals surface area contributed by atoms with E-state index in [4.69, 9.17) is 15.2 Å². The van der Waals surface area contributed by atoms with Crippen molar-refractivity contribution in [3.63, 3.8) is 0 Å². The van der Waals surface area contributed by atoms with Crippen LogP contribution in [0.3, 0.4) is 0 Å². The van der Waals surface area contributed by atoms with Crippen LogP contribution in [0.15, 0.2) is 18.2 Å². The number of nitrogens with two attached hydrogens (primary N) is 1. The van der Waals surface area contributed by atoms with Crippen molar-refractivity contribution in [2.24, 2.45) is 0 Å². The maximum Gasteiger partial charge on any atom is 0.416 e. The van der Waals surface area contributed by atoms with Crippen LogP contribution in [-0.4, -0.2) is 32.5 Å². The molecule has 1 aromatic carbocycles. The van der Waals surface area contributed by atoms with E-state index in [0.29, 0.717) is 32.1 Å². The average Bonchev–Trinajstić information content (AvgIpc) is 2.37. The fraction of sp³-hybridized carbons (Fsp3) is 0.500. The molecule has 3 N–H and O–H groups in total. The highest BCUT2D eigenvalue weighted by molar-refractivity contribution is 5.67. The normalized spacial score (nSPS) is 20.3. The van der Waals surface area contributed by atoms with Crippen molar-refractivity contribution in [1.82, 2.24) is 0 Å². The van der Waals surface area contributed by atoms with E-state index in [0.717, 1.165) is 12.1 Å². The molecule has 1 aromatic rings. The molecule has 0 spiro atoms. The molecule has 7 heteroatoms. The third kappa shape index (κ3) is 3.74. The lowest BCUT2D eigenvalue weighted by Crippen LogP contribution is -2.34. The molecule has 0 amide bonds. The van der Waals surface area contributed by atoms with Gasteiger partial charge in [0.2, 0.25) is 0 Å². The second-order valence-corrected chi connectivity index (χ2v) is 4.25. The van der Waals surface area contributed by atoms with E-state index in [1.165, 1.54) is 6.07 Å². The number of alkyl halides is 3. The lowest BCUT2D eigenvalue weighted by atomic mass is 10.1. The van der Waals surface area contributed by atoms with Crippen molar-refractivity contribution in [2.75, 3.05) is 37.4 Å². The summed E-state index contributed by atoms with van der Waals surface area (Å²) >= 11 is 0. The molecule has 0 radical (unpaired) electrons. The minimum Gasteiger partial charge on any atom is -0.397 e. The summed E-state index contributed by atoms with van der Waals surface area (Å²) in [4.78, 5) is 0. The Morgan fingerprint density at radius 3 is 2.68 bits per heavy atom. The van der Waals surface area contributed by atoms with Crippen LogP contribution in [0.5, 0.6) is 0 Å². The zero-order chi connectivity index (χ0) is 13.9. The maximum atomic E-state index is 12.5. The van der Waals surface area contributed by atoms with E-state index >= 15 is 0 Å². The first-order valence-electron chi connectivity index (χ1n) is 5.87. The van der Waals surface area contributed by atoms with Gasteiger partial charge in [0.05, 0.1) is 42.9 Å². The Morgan fingerprint density at radius 2 is 2.11 bits per heavy atom. The van der Waals surface area contributed by atoms with Crippen molar-refractivity contribution in [1.29, 1.82) is 0 Å². The molecule has 106 valence electrons. The van der Waals surface area contributed by atoms with Gasteiger partial charge in [0.15, 0.2) is 0 Å². The first-order valence-corrected chi connectivity index (χ1v) is 5.87. The molecule has 0 aliphatic carbocycles. The van der Waals surface area contributed by atoms with Crippen LogP contribution in [0.2, 0.25) is 0 Å². The maximum absolute atomic E-state index is 12.5. The summed E-state index contributed by atoms with van der Waals surface area (Å²) in [5.74, 6) is 0. The largest absolute Gasteiger partial charge is 0.416 e. The summed E-state index contributed by atoms with van der Waals surface area (Å²) in [6.45, 7) is 2.00. The summed E-state index contributed by atoms with van der Waals surface area (Å²) in [7, 11) is 0. The Hall–Kier alpha value is -1.47. The molecule has 0 saturated carbocycles. The zero-order valence-electron chi connectivity index (χ0n) is 10.2. The summed E-state index contributed by atoms with van der Waals surface area (Å²) in [6, 6.07) is 3.24. The van der Waals surface area contributed by atoms with Gasteiger partial charge in [-0.3, -0.25) is 0 Å². The quantitative estimate of drug-likeness (QED) is 0.830. The predicted octanol–water partition coefficient (Wildman–Crippen LogP) is 2.11. The van der Waals surface area contributed by atoms with E-state index in [2.05, 4.69) is 5.32 Å². The Labute approximate surface area is 108 Å². The van der Waals surface area contributed by atoms with Crippen molar-refractivity contribution < 1.29 is 22.6 Å². The Kier molecular flexibility index (Phi) is 4.16. The van der Waals surface area contributed by atoms with Crippen molar-refractivity contribution in [3.8, 4) is 0 Å². The lowest BCUT2D eigenvalue weighted by Gasteiger charge is -2.24. The van der Waals surface area contributed by atoms with Crippen LogP contribution in [-0.2, 0) is 15.7 Å². The molecule has 1 aliphatic rings.